The second kappa shape index (κ2) is 4.77. The Labute approximate surface area is 110 Å². The van der Waals surface area contributed by atoms with Gasteiger partial charge in [0.25, 0.3) is 0 Å². The van der Waals surface area contributed by atoms with Crippen molar-refractivity contribution >= 4 is 27.3 Å². The number of likely N-dealkylation sites (N-methyl/N-ethyl adjacent to an activating group) is 1. The van der Waals surface area contributed by atoms with Gasteiger partial charge >= 0.3 is 0 Å². The molecule has 1 aliphatic carbocycles. The topological polar surface area (TPSA) is 29.3 Å². The number of hydrogen-bond donors (Lipinski definition) is 1. The molecule has 0 atom stereocenters. The molecule has 1 fully saturated rings. The van der Waals surface area contributed by atoms with Crippen LogP contribution in [0.5, 0.6) is 0 Å². The maximum Gasteiger partial charge on any atom is 0.0337 e. The van der Waals surface area contributed by atoms with E-state index in [4.69, 9.17) is 5.73 Å². The number of nitrogens with zero attached hydrogens (tertiary/aromatic N) is 1. The summed E-state index contributed by atoms with van der Waals surface area (Å²) >= 11 is 5.31. The van der Waals surface area contributed by atoms with Crippen LogP contribution in [0.4, 0.5) is 0 Å². The highest BCUT2D eigenvalue weighted by Crippen LogP contribution is 2.41. The third kappa shape index (κ3) is 2.35. The van der Waals surface area contributed by atoms with Gasteiger partial charge in [0, 0.05) is 33.4 Å². The molecular weight excluding hydrogens is 284 g/mol. The fourth-order valence-electron chi connectivity index (χ4n) is 2.71. The Hall–Kier alpha value is 0.1000. The Morgan fingerprint density at radius 2 is 2.31 bits per heavy atom. The summed E-state index contributed by atoms with van der Waals surface area (Å²) < 4.78 is 1.18. The van der Waals surface area contributed by atoms with Gasteiger partial charge in [0.2, 0.25) is 0 Å². The first-order valence-electron chi connectivity index (χ1n) is 5.70. The monoisotopic (exact) mass is 302 g/mol. The van der Waals surface area contributed by atoms with Crippen molar-refractivity contribution in [2.45, 2.75) is 31.8 Å². The van der Waals surface area contributed by atoms with Crippen molar-refractivity contribution in [1.29, 1.82) is 0 Å². The Morgan fingerprint density at radius 3 is 2.75 bits per heavy atom. The van der Waals surface area contributed by atoms with Crippen LogP contribution in [0, 0.1) is 5.92 Å². The fraction of sp³-hybridized carbons (Fsp3) is 0.667. The standard InChI is InChI=1S/C12H19BrN2S/c1-9-4-12(5-9,8-14)15(2)6-11-3-10(13)7-16-11/h3,7,9H,4-6,8,14H2,1-2H3. The third-order valence-electron chi connectivity index (χ3n) is 3.66. The molecule has 16 heavy (non-hydrogen) atoms. The van der Waals surface area contributed by atoms with Crippen LogP contribution in [-0.2, 0) is 6.54 Å². The van der Waals surface area contributed by atoms with Crippen molar-refractivity contribution in [3.63, 3.8) is 0 Å². The van der Waals surface area contributed by atoms with Gasteiger partial charge in [-0.15, -0.1) is 11.3 Å². The maximum atomic E-state index is 5.94. The average Bonchev–Trinajstić information content (AvgIpc) is 2.58. The summed E-state index contributed by atoms with van der Waals surface area (Å²) in [4.78, 5) is 3.84. The van der Waals surface area contributed by atoms with Crippen LogP contribution in [0.3, 0.4) is 0 Å². The van der Waals surface area contributed by atoms with Gasteiger partial charge in [-0.1, -0.05) is 6.92 Å². The molecule has 1 aromatic heterocycles. The predicted octanol–water partition coefficient (Wildman–Crippen LogP) is 3.07. The van der Waals surface area contributed by atoms with E-state index in [1.807, 2.05) is 11.3 Å². The zero-order valence-corrected chi connectivity index (χ0v) is 12.3. The molecule has 0 saturated heterocycles. The third-order valence-corrected chi connectivity index (χ3v) is 5.34. The summed E-state index contributed by atoms with van der Waals surface area (Å²) in [7, 11) is 2.20. The molecular formula is C12H19BrN2S. The van der Waals surface area contributed by atoms with E-state index in [-0.39, 0.29) is 5.54 Å². The summed E-state index contributed by atoms with van der Waals surface area (Å²) in [6.45, 7) is 4.10. The van der Waals surface area contributed by atoms with Crippen LogP contribution in [-0.4, -0.2) is 24.0 Å². The first-order valence-corrected chi connectivity index (χ1v) is 7.37. The SMILES string of the molecule is CC1CC(CN)(N(C)Cc2cc(Br)cs2)C1. The molecule has 1 aliphatic rings. The van der Waals surface area contributed by atoms with E-state index in [0.717, 1.165) is 19.0 Å². The molecule has 4 heteroatoms. The second-order valence-corrected chi connectivity index (χ2v) is 6.94. The molecule has 2 rings (SSSR count). The molecule has 90 valence electrons. The second-order valence-electron chi connectivity index (χ2n) is 5.03. The summed E-state index contributed by atoms with van der Waals surface area (Å²) in [5.74, 6) is 0.834. The number of halogens is 1. The molecule has 2 N–H and O–H groups in total. The number of nitrogens with two attached hydrogens (primary N) is 1. The van der Waals surface area contributed by atoms with E-state index in [9.17, 15) is 0 Å². The molecule has 1 aromatic rings. The van der Waals surface area contributed by atoms with E-state index >= 15 is 0 Å². The van der Waals surface area contributed by atoms with Gasteiger partial charge < -0.3 is 5.73 Å². The minimum atomic E-state index is 0.260. The average molecular weight is 303 g/mol. The molecule has 1 heterocycles. The molecule has 0 spiro atoms. The first kappa shape index (κ1) is 12.6. The van der Waals surface area contributed by atoms with Crippen molar-refractivity contribution in [1.82, 2.24) is 4.90 Å². The lowest BCUT2D eigenvalue weighted by Crippen LogP contribution is -2.59. The first-order chi connectivity index (χ1) is 7.55. The lowest BCUT2D eigenvalue weighted by Gasteiger charge is -2.52. The molecule has 0 unspecified atom stereocenters. The van der Waals surface area contributed by atoms with E-state index in [2.05, 4.69) is 46.2 Å². The van der Waals surface area contributed by atoms with E-state index in [0.29, 0.717) is 0 Å². The van der Waals surface area contributed by atoms with Crippen LogP contribution in [0.25, 0.3) is 0 Å². The lowest BCUT2D eigenvalue weighted by molar-refractivity contribution is 0.000892. The van der Waals surface area contributed by atoms with Crippen LogP contribution in [0.1, 0.15) is 24.6 Å². The van der Waals surface area contributed by atoms with Crippen LogP contribution in [0.15, 0.2) is 15.9 Å². The van der Waals surface area contributed by atoms with Crippen molar-refractivity contribution in [3.8, 4) is 0 Å². The highest BCUT2D eigenvalue weighted by atomic mass is 79.9. The smallest absolute Gasteiger partial charge is 0.0337 e. The van der Waals surface area contributed by atoms with Gasteiger partial charge in [0.1, 0.15) is 0 Å². The summed E-state index contributed by atoms with van der Waals surface area (Å²) in [6.07, 6.45) is 2.49. The molecule has 0 radical (unpaired) electrons. The minimum absolute atomic E-state index is 0.260. The predicted molar refractivity (Wildman–Crippen MR) is 73.7 cm³/mol. The highest BCUT2D eigenvalue weighted by molar-refractivity contribution is 9.10. The van der Waals surface area contributed by atoms with Crippen molar-refractivity contribution in [2.75, 3.05) is 13.6 Å². The van der Waals surface area contributed by atoms with Crippen molar-refractivity contribution < 1.29 is 0 Å². The number of thiophene rings is 1. The van der Waals surface area contributed by atoms with Crippen LogP contribution >= 0.6 is 27.3 Å². The Bertz CT molecular complexity index is 358. The van der Waals surface area contributed by atoms with Gasteiger partial charge in [-0.3, -0.25) is 4.90 Å². The van der Waals surface area contributed by atoms with Crippen LogP contribution < -0.4 is 5.73 Å². The Kier molecular flexibility index (Phi) is 3.74. The summed E-state index contributed by atoms with van der Waals surface area (Å²) in [5, 5.41) is 2.14. The number of rotatable bonds is 4. The molecule has 0 aromatic carbocycles. The molecule has 0 aliphatic heterocycles. The normalized spacial score (nSPS) is 29.4. The summed E-state index contributed by atoms with van der Waals surface area (Å²) in [6, 6.07) is 2.20. The van der Waals surface area contributed by atoms with Crippen molar-refractivity contribution in [2.24, 2.45) is 11.7 Å². The Balaban J connectivity index is 1.99. The highest BCUT2D eigenvalue weighted by Gasteiger charge is 2.43. The van der Waals surface area contributed by atoms with E-state index < -0.39 is 0 Å². The van der Waals surface area contributed by atoms with Crippen molar-refractivity contribution in [3.05, 3.63) is 20.8 Å². The van der Waals surface area contributed by atoms with Gasteiger partial charge in [-0.05, 0) is 47.8 Å². The van der Waals surface area contributed by atoms with Gasteiger partial charge in [-0.2, -0.15) is 0 Å². The Morgan fingerprint density at radius 1 is 1.62 bits per heavy atom. The van der Waals surface area contributed by atoms with Crippen LogP contribution in [0.2, 0.25) is 0 Å². The lowest BCUT2D eigenvalue weighted by atomic mass is 9.68. The van der Waals surface area contributed by atoms with E-state index in [1.54, 1.807) is 0 Å². The largest absolute Gasteiger partial charge is 0.329 e. The van der Waals surface area contributed by atoms with Gasteiger partial charge in [0.05, 0.1) is 0 Å². The van der Waals surface area contributed by atoms with E-state index in [1.165, 1.54) is 22.2 Å². The molecule has 2 nitrogen and oxygen atoms in total. The molecule has 1 saturated carbocycles. The fourth-order valence-corrected chi connectivity index (χ4v) is 4.21. The maximum absolute atomic E-state index is 5.94. The molecule has 0 amide bonds. The zero-order chi connectivity index (χ0) is 11.8. The summed E-state index contributed by atoms with van der Waals surface area (Å²) in [5.41, 5.74) is 6.20. The minimum Gasteiger partial charge on any atom is -0.329 e. The number of hydrogen-bond acceptors (Lipinski definition) is 3. The zero-order valence-electron chi connectivity index (χ0n) is 9.87. The van der Waals surface area contributed by atoms with Gasteiger partial charge in [-0.25, -0.2) is 0 Å². The quantitative estimate of drug-likeness (QED) is 0.926. The van der Waals surface area contributed by atoms with Gasteiger partial charge in [0.15, 0.2) is 0 Å². The molecule has 0 bridgehead atoms.